The molecule has 0 spiro atoms. The molecule has 0 saturated carbocycles. The number of benzene rings is 1. The first-order valence-electron chi connectivity index (χ1n) is 5.82. The number of amides is 1. The van der Waals surface area contributed by atoms with Crippen molar-refractivity contribution in [3.63, 3.8) is 0 Å². The molecular formula is C13H14F3NO. The Morgan fingerprint density at radius 3 is 2.50 bits per heavy atom. The number of carbonyl (C=O) groups is 1. The highest BCUT2D eigenvalue weighted by Crippen LogP contribution is 2.32. The first kappa shape index (κ1) is 12.9. The van der Waals surface area contributed by atoms with Crippen LogP contribution in [0.1, 0.15) is 35.3 Å². The number of hydrogen-bond acceptors (Lipinski definition) is 1. The molecule has 0 bridgehead atoms. The topological polar surface area (TPSA) is 20.3 Å². The molecule has 18 heavy (non-hydrogen) atoms. The second kappa shape index (κ2) is 4.30. The van der Waals surface area contributed by atoms with Gasteiger partial charge in [0.1, 0.15) is 0 Å². The van der Waals surface area contributed by atoms with E-state index in [9.17, 15) is 18.0 Å². The molecule has 2 rings (SSSR count). The standard InChI is InChI=1S/C13H14F3NO/c1-8(2)17-6-5-9-7-10(13(14,15)16)3-4-11(9)12(17)18/h3-4,7-8H,5-6H2,1-2H3. The summed E-state index contributed by atoms with van der Waals surface area (Å²) < 4.78 is 37.7. The van der Waals surface area contributed by atoms with Gasteiger partial charge >= 0.3 is 6.18 Å². The molecule has 0 aromatic heterocycles. The summed E-state index contributed by atoms with van der Waals surface area (Å²) in [6.07, 6.45) is -3.88. The Bertz CT molecular complexity index is 480. The number of fused-ring (bicyclic) bond motifs is 1. The zero-order valence-electron chi connectivity index (χ0n) is 10.2. The van der Waals surface area contributed by atoms with Gasteiger partial charge in [-0.25, -0.2) is 0 Å². The van der Waals surface area contributed by atoms with E-state index >= 15 is 0 Å². The van der Waals surface area contributed by atoms with Crippen molar-refractivity contribution in [1.82, 2.24) is 4.90 Å². The fourth-order valence-corrected chi connectivity index (χ4v) is 2.18. The number of hydrogen-bond donors (Lipinski definition) is 0. The first-order chi connectivity index (χ1) is 8.30. The molecule has 1 heterocycles. The van der Waals surface area contributed by atoms with Gasteiger partial charge in [0, 0.05) is 18.2 Å². The fraction of sp³-hybridized carbons (Fsp3) is 0.462. The number of carbonyl (C=O) groups excluding carboxylic acids is 1. The minimum atomic E-state index is -4.35. The van der Waals surface area contributed by atoms with Gasteiger partial charge in [-0.1, -0.05) is 0 Å². The molecule has 1 amide bonds. The highest BCUT2D eigenvalue weighted by Gasteiger charge is 2.33. The van der Waals surface area contributed by atoms with Crippen LogP contribution in [0.5, 0.6) is 0 Å². The van der Waals surface area contributed by atoms with Crippen molar-refractivity contribution in [3.8, 4) is 0 Å². The number of alkyl halides is 3. The van der Waals surface area contributed by atoms with Gasteiger partial charge < -0.3 is 4.90 Å². The predicted molar refractivity (Wildman–Crippen MR) is 61.3 cm³/mol. The van der Waals surface area contributed by atoms with Gasteiger partial charge in [0.2, 0.25) is 0 Å². The van der Waals surface area contributed by atoms with Gasteiger partial charge in [-0.15, -0.1) is 0 Å². The number of nitrogens with zero attached hydrogens (tertiary/aromatic N) is 1. The third-order valence-electron chi connectivity index (χ3n) is 3.17. The molecule has 1 aliphatic rings. The van der Waals surface area contributed by atoms with E-state index in [2.05, 4.69) is 0 Å². The van der Waals surface area contributed by atoms with E-state index in [-0.39, 0.29) is 11.9 Å². The Morgan fingerprint density at radius 2 is 1.94 bits per heavy atom. The largest absolute Gasteiger partial charge is 0.416 e. The molecule has 0 saturated heterocycles. The minimum absolute atomic E-state index is 0.0629. The van der Waals surface area contributed by atoms with Crippen molar-refractivity contribution in [1.29, 1.82) is 0 Å². The van der Waals surface area contributed by atoms with Crippen molar-refractivity contribution in [2.45, 2.75) is 32.5 Å². The van der Waals surface area contributed by atoms with E-state index in [4.69, 9.17) is 0 Å². The van der Waals surface area contributed by atoms with Gasteiger partial charge in [0.15, 0.2) is 0 Å². The van der Waals surface area contributed by atoms with Gasteiger partial charge in [0.25, 0.3) is 5.91 Å². The maximum Gasteiger partial charge on any atom is 0.416 e. The lowest BCUT2D eigenvalue weighted by Crippen LogP contribution is -2.42. The molecule has 2 nitrogen and oxygen atoms in total. The molecule has 0 aliphatic carbocycles. The van der Waals surface area contributed by atoms with E-state index in [1.807, 2.05) is 13.8 Å². The summed E-state index contributed by atoms with van der Waals surface area (Å²) >= 11 is 0. The highest BCUT2D eigenvalue weighted by atomic mass is 19.4. The zero-order chi connectivity index (χ0) is 13.5. The van der Waals surface area contributed by atoms with Crippen LogP contribution in [0.4, 0.5) is 13.2 Å². The van der Waals surface area contributed by atoms with Crippen LogP contribution in [0.2, 0.25) is 0 Å². The maximum absolute atomic E-state index is 12.6. The van der Waals surface area contributed by atoms with E-state index in [1.54, 1.807) is 4.90 Å². The van der Waals surface area contributed by atoms with Crippen LogP contribution in [0.25, 0.3) is 0 Å². The Balaban J connectivity index is 2.39. The first-order valence-corrected chi connectivity index (χ1v) is 5.82. The van der Waals surface area contributed by atoms with Crippen LogP contribution >= 0.6 is 0 Å². The minimum Gasteiger partial charge on any atom is -0.336 e. The lowest BCUT2D eigenvalue weighted by Gasteiger charge is -2.32. The summed E-state index contributed by atoms with van der Waals surface area (Å²) in [5.41, 5.74) is 0.196. The molecule has 1 aromatic carbocycles. The molecule has 1 aliphatic heterocycles. The van der Waals surface area contributed by atoms with E-state index < -0.39 is 11.7 Å². The van der Waals surface area contributed by atoms with Gasteiger partial charge in [-0.2, -0.15) is 13.2 Å². The van der Waals surface area contributed by atoms with E-state index in [0.29, 0.717) is 24.1 Å². The molecule has 1 aromatic rings. The molecule has 0 N–H and O–H groups in total. The van der Waals surface area contributed by atoms with Crippen molar-refractivity contribution < 1.29 is 18.0 Å². The van der Waals surface area contributed by atoms with Crippen LogP contribution in [0.15, 0.2) is 18.2 Å². The van der Waals surface area contributed by atoms with Gasteiger partial charge in [0.05, 0.1) is 5.56 Å². The van der Waals surface area contributed by atoms with Crippen LogP contribution in [0, 0.1) is 0 Å². The van der Waals surface area contributed by atoms with Gasteiger partial charge in [-0.05, 0) is 44.0 Å². The normalized spacial score (nSPS) is 16.1. The smallest absolute Gasteiger partial charge is 0.336 e. The molecule has 5 heteroatoms. The average Bonchev–Trinajstić information content (AvgIpc) is 2.27. The van der Waals surface area contributed by atoms with Crippen molar-refractivity contribution in [2.24, 2.45) is 0 Å². The van der Waals surface area contributed by atoms with Crippen LogP contribution < -0.4 is 0 Å². The summed E-state index contributed by atoms with van der Waals surface area (Å²) in [5.74, 6) is -0.181. The molecule has 0 atom stereocenters. The SMILES string of the molecule is CC(C)N1CCc2cc(C(F)(F)F)ccc2C1=O. The van der Waals surface area contributed by atoms with E-state index in [1.165, 1.54) is 6.07 Å². The summed E-state index contributed by atoms with van der Waals surface area (Å²) in [7, 11) is 0. The lowest BCUT2D eigenvalue weighted by molar-refractivity contribution is -0.137. The van der Waals surface area contributed by atoms with Crippen LogP contribution in [-0.4, -0.2) is 23.4 Å². The second-order valence-electron chi connectivity index (χ2n) is 4.71. The third kappa shape index (κ3) is 2.21. The molecule has 98 valence electrons. The lowest BCUT2D eigenvalue weighted by atomic mass is 9.95. The molecular weight excluding hydrogens is 243 g/mol. The summed E-state index contributed by atoms with van der Waals surface area (Å²) in [5, 5.41) is 0. The van der Waals surface area contributed by atoms with Gasteiger partial charge in [-0.3, -0.25) is 4.79 Å². The Kier molecular flexibility index (Phi) is 3.09. The fourth-order valence-electron chi connectivity index (χ4n) is 2.18. The number of halogens is 3. The molecule has 0 unspecified atom stereocenters. The summed E-state index contributed by atoms with van der Waals surface area (Å²) in [4.78, 5) is 13.7. The monoisotopic (exact) mass is 257 g/mol. The zero-order valence-corrected chi connectivity index (χ0v) is 10.2. The highest BCUT2D eigenvalue weighted by molar-refractivity contribution is 5.97. The second-order valence-corrected chi connectivity index (χ2v) is 4.71. The van der Waals surface area contributed by atoms with E-state index in [0.717, 1.165) is 12.1 Å². The summed E-state index contributed by atoms with van der Waals surface area (Å²) in [6.45, 7) is 4.27. The molecule has 0 fully saturated rings. The maximum atomic E-state index is 12.6. The average molecular weight is 257 g/mol. The third-order valence-corrected chi connectivity index (χ3v) is 3.17. The van der Waals surface area contributed by atoms with Crippen molar-refractivity contribution in [2.75, 3.05) is 6.54 Å². The number of rotatable bonds is 1. The van der Waals surface area contributed by atoms with Crippen molar-refractivity contribution >= 4 is 5.91 Å². The predicted octanol–water partition coefficient (Wildman–Crippen LogP) is 3.11. The Morgan fingerprint density at radius 1 is 1.28 bits per heavy atom. The molecule has 0 radical (unpaired) electrons. The Labute approximate surface area is 103 Å². The van der Waals surface area contributed by atoms with Crippen LogP contribution in [-0.2, 0) is 12.6 Å². The quantitative estimate of drug-likeness (QED) is 0.757. The Hall–Kier alpha value is -1.52. The van der Waals surface area contributed by atoms with Crippen LogP contribution in [0.3, 0.4) is 0 Å². The summed E-state index contributed by atoms with van der Waals surface area (Å²) in [6, 6.07) is 3.41. The van der Waals surface area contributed by atoms with Crippen molar-refractivity contribution in [3.05, 3.63) is 34.9 Å².